The molecule has 0 heterocycles. The summed E-state index contributed by atoms with van der Waals surface area (Å²) >= 11 is 0. The maximum atomic E-state index is 12.5. The van der Waals surface area contributed by atoms with Gasteiger partial charge in [0.15, 0.2) is 0 Å². The lowest BCUT2D eigenvalue weighted by atomic mass is 9.45. The highest BCUT2D eigenvalue weighted by Crippen LogP contribution is 2.65. The Morgan fingerprint density at radius 3 is 2.65 bits per heavy atom. The van der Waals surface area contributed by atoms with Gasteiger partial charge in [-0.3, -0.25) is 9.59 Å². The molecule has 0 N–H and O–H groups in total. The zero-order valence-electron chi connectivity index (χ0n) is 14.6. The van der Waals surface area contributed by atoms with Crippen LogP contribution in [0.15, 0.2) is 0 Å². The summed E-state index contributed by atoms with van der Waals surface area (Å²) in [6, 6.07) is 0. The minimum atomic E-state index is -0.0489. The van der Waals surface area contributed by atoms with Crippen LogP contribution in [-0.2, 0) is 14.3 Å². The minimum Gasteiger partial charge on any atom is -0.384 e. The Balaban J connectivity index is 1.68. The summed E-state index contributed by atoms with van der Waals surface area (Å²) in [4.78, 5) is 24.5. The van der Waals surface area contributed by atoms with Gasteiger partial charge >= 0.3 is 0 Å². The number of fused-ring (bicyclic) bond motifs is 5. The Morgan fingerprint density at radius 1 is 1.04 bits per heavy atom. The van der Waals surface area contributed by atoms with Crippen LogP contribution in [0.3, 0.4) is 0 Å². The fourth-order valence-electron chi connectivity index (χ4n) is 7.17. The van der Waals surface area contributed by atoms with Crippen molar-refractivity contribution in [1.29, 1.82) is 0 Å². The van der Waals surface area contributed by atoms with Gasteiger partial charge in [-0.2, -0.15) is 0 Å². The number of hydrogen-bond donors (Lipinski definition) is 0. The smallest absolute Gasteiger partial charge is 0.139 e. The number of methoxy groups -OCH3 is 1. The van der Waals surface area contributed by atoms with Gasteiger partial charge in [0.2, 0.25) is 0 Å². The predicted molar refractivity (Wildman–Crippen MR) is 87.9 cm³/mol. The Hall–Kier alpha value is -0.700. The topological polar surface area (TPSA) is 43.4 Å². The van der Waals surface area contributed by atoms with Gasteiger partial charge in [-0.1, -0.05) is 6.92 Å². The van der Waals surface area contributed by atoms with Gasteiger partial charge in [-0.05, 0) is 62.2 Å². The lowest BCUT2D eigenvalue weighted by Gasteiger charge is -2.60. The molecular weight excluding hydrogens is 288 g/mol. The van der Waals surface area contributed by atoms with Crippen LogP contribution < -0.4 is 0 Å². The van der Waals surface area contributed by atoms with E-state index < -0.39 is 0 Å². The van der Waals surface area contributed by atoms with E-state index in [-0.39, 0.29) is 10.8 Å². The van der Waals surface area contributed by atoms with E-state index in [1.807, 2.05) is 7.11 Å². The van der Waals surface area contributed by atoms with Gasteiger partial charge in [-0.15, -0.1) is 0 Å². The van der Waals surface area contributed by atoms with E-state index in [2.05, 4.69) is 6.92 Å². The van der Waals surface area contributed by atoms with Crippen LogP contribution in [0.1, 0.15) is 64.7 Å². The van der Waals surface area contributed by atoms with Crippen molar-refractivity contribution in [3.8, 4) is 0 Å². The van der Waals surface area contributed by atoms with Crippen LogP contribution in [0.4, 0.5) is 0 Å². The molecule has 4 aliphatic rings. The van der Waals surface area contributed by atoms with Crippen molar-refractivity contribution in [2.75, 3.05) is 13.7 Å². The number of hydrogen-bond acceptors (Lipinski definition) is 3. The van der Waals surface area contributed by atoms with Gasteiger partial charge in [0.25, 0.3) is 0 Å². The number of rotatable bonds is 2. The Labute approximate surface area is 139 Å². The summed E-state index contributed by atoms with van der Waals surface area (Å²) in [5.41, 5.74) is 0.158. The SMILES string of the molecule is COCC12CCC(=O)CC1CCC1C3CCC(=O)C3(C)CCC12. The predicted octanol–water partition coefficient (Wildman–Crippen LogP) is 3.79. The second-order valence-electron chi connectivity index (χ2n) is 8.98. The molecule has 0 aromatic heterocycles. The summed E-state index contributed by atoms with van der Waals surface area (Å²) in [6.45, 7) is 3.05. The van der Waals surface area contributed by atoms with Crippen LogP contribution in [-0.4, -0.2) is 25.3 Å². The highest BCUT2D eigenvalue weighted by molar-refractivity contribution is 5.87. The normalized spacial score (nSPS) is 49.5. The lowest BCUT2D eigenvalue weighted by molar-refractivity contribution is -0.157. The molecule has 4 saturated carbocycles. The van der Waals surface area contributed by atoms with Gasteiger partial charge in [0, 0.05) is 37.2 Å². The van der Waals surface area contributed by atoms with Gasteiger partial charge in [0.1, 0.15) is 11.6 Å². The van der Waals surface area contributed by atoms with Crippen LogP contribution in [0.5, 0.6) is 0 Å². The number of ether oxygens (including phenoxy) is 1. The molecule has 6 unspecified atom stereocenters. The molecule has 128 valence electrons. The van der Waals surface area contributed by atoms with E-state index in [0.717, 1.165) is 58.0 Å². The second kappa shape index (κ2) is 5.40. The fraction of sp³-hybridized carbons (Fsp3) is 0.900. The second-order valence-corrected chi connectivity index (χ2v) is 8.98. The minimum absolute atomic E-state index is 0.0489. The lowest BCUT2D eigenvalue weighted by Crippen LogP contribution is -2.56. The highest BCUT2D eigenvalue weighted by atomic mass is 16.5. The zero-order chi connectivity index (χ0) is 16.2. The third kappa shape index (κ3) is 2.11. The zero-order valence-corrected chi connectivity index (χ0v) is 14.6. The first-order valence-electron chi connectivity index (χ1n) is 9.55. The van der Waals surface area contributed by atoms with Gasteiger partial charge in [-0.25, -0.2) is 0 Å². The summed E-state index contributed by atoms with van der Waals surface area (Å²) in [6.07, 6.45) is 9.03. The van der Waals surface area contributed by atoms with Crippen LogP contribution in [0, 0.1) is 34.5 Å². The Morgan fingerprint density at radius 2 is 1.87 bits per heavy atom. The molecule has 0 radical (unpaired) electrons. The molecule has 23 heavy (non-hydrogen) atoms. The van der Waals surface area contributed by atoms with Gasteiger partial charge < -0.3 is 4.74 Å². The van der Waals surface area contributed by atoms with E-state index in [9.17, 15) is 9.59 Å². The maximum Gasteiger partial charge on any atom is 0.139 e. The summed E-state index contributed by atoms with van der Waals surface area (Å²) < 4.78 is 5.71. The van der Waals surface area contributed by atoms with Crippen molar-refractivity contribution in [2.24, 2.45) is 34.5 Å². The van der Waals surface area contributed by atoms with E-state index in [1.54, 1.807) is 0 Å². The van der Waals surface area contributed by atoms with Crippen LogP contribution in [0.25, 0.3) is 0 Å². The Kier molecular flexibility index (Phi) is 3.71. The summed E-state index contributed by atoms with van der Waals surface area (Å²) in [5, 5.41) is 0. The van der Waals surface area contributed by atoms with E-state index >= 15 is 0 Å². The molecular formula is C20H30O3. The number of ketones is 2. The molecule has 3 nitrogen and oxygen atoms in total. The van der Waals surface area contributed by atoms with Crippen LogP contribution in [0.2, 0.25) is 0 Å². The fourth-order valence-corrected chi connectivity index (χ4v) is 7.17. The molecule has 0 aromatic rings. The molecule has 0 saturated heterocycles. The molecule has 0 aromatic carbocycles. The molecule has 0 bridgehead atoms. The highest BCUT2D eigenvalue weighted by Gasteiger charge is 2.61. The molecule has 4 rings (SSSR count). The third-order valence-corrected chi connectivity index (χ3v) is 8.30. The summed E-state index contributed by atoms with van der Waals surface area (Å²) in [7, 11) is 1.82. The first-order chi connectivity index (χ1) is 11.0. The standard InChI is InChI=1S/C20H30O3/c1-19-9-8-17-15(16(19)5-6-18(19)22)4-3-13-11-14(21)7-10-20(13,17)12-23-2/h13,15-17H,3-12H2,1-2H3. The molecule has 4 fully saturated rings. The van der Waals surface area contributed by atoms with Crippen LogP contribution >= 0.6 is 0 Å². The van der Waals surface area contributed by atoms with Crippen molar-refractivity contribution >= 4 is 11.6 Å². The van der Waals surface area contributed by atoms with Gasteiger partial charge in [0.05, 0.1) is 6.61 Å². The number of carbonyl (C=O) groups excluding carboxylic acids is 2. The Bertz CT molecular complexity index is 527. The van der Waals surface area contributed by atoms with E-state index in [0.29, 0.717) is 35.2 Å². The van der Waals surface area contributed by atoms with Crippen molar-refractivity contribution in [3.63, 3.8) is 0 Å². The van der Waals surface area contributed by atoms with Crippen molar-refractivity contribution in [1.82, 2.24) is 0 Å². The molecule has 0 aliphatic heterocycles. The van der Waals surface area contributed by atoms with Crippen molar-refractivity contribution in [2.45, 2.75) is 64.7 Å². The summed E-state index contributed by atoms with van der Waals surface area (Å²) in [5.74, 6) is 3.42. The maximum absolute atomic E-state index is 12.5. The first-order valence-corrected chi connectivity index (χ1v) is 9.55. The molecule has 0 spiro atoms. The molecule has 3 heteroatoms. The largest absolute Gasteiger partial charge is 0.384 e. The van der Waals surface area contributed by atoms with Crippen molar-refractivity contribution < 1.29 is 14.3 Å². The third-order valence-electron chi connectivity index (χ3n) is 8.30. The average Bonchev–Trinajstić information content (AvgIpc) is 2.84. The van der Waals surface area contributed by atoms with Crippen molar-refractivity contribution in [3.05, 3.63) is 0 Å². The van der Waals surface area contributed by atoms with E-state index in [1.165, 1.54) is 6.42 Å². The quantitative estimate of drug-likeness (QED) is 0.778. The number of Topliss-reactive ketones (excluding diaryl/α,β-unsaturated/α-hetero) is 2. The average molecular weight is 318 g/mol. The molecule has 6 atom stereocenters. The monoisotopic (exact) mass is 318 g/mol. The molecule has 4 aliphatic carbocycles. The molecule has 0 amide bonds. The first kappa shape index (κ1) is 15.8. The van der Waals surface area contributed by atoms with E-state index in [4.69, 9.17) is 4.74 Å². The number of carbonyl (C=O) groups is 2.